The normalized spacial score (nSPS) is 21.1. The number of piperidine rings is 1. The summed E-state index contributed by atoms with van der Waals surface area (Å²) in [6.45, 7) is 8.83. The summed E-state index contributed by atoms with van der Waals surface area (Å²) in [5, 5.41) is 0.521. The average Bonchev–Trinajstić information content (AvgIpc) is 2.15. The first-order chi connectivity index (χ1) is 6.45. The lowest BCUT2D eigenvalue weighted by Gasteiger charge is -2.40. The number of carbonyl (C=O) groups is 1. The lowest BCUT2D eigenvalue weighted by molar-refractivity contribution is -0.122. The van der Waals surface area contributed by atoms with Crippen molar-refractivity contribution >= 4 is 21.7 Å². The summed E-state index contributed by atoms with van der Waals surface area (Å²) in [5.41, 5.74) is 0.252. The number of likely N-dealkylation sites (tertiary alicyclic amines) is 1. The van der Waals surface area contributed by atoms with Crippen LogP contribution in [0.5, 0.6) is 0 Å². The average molecular weight is 262 g/mol. The van der Waals surface area contributed by atoms with E-state index < -0.39 is 0 Å². The molecule has 0 atom stereocenters. The van der Waals surface area contributed by atoms with Crippen molar-refractivity contribution in [2.24, 2.45) is 5.92 Å². The van der Waals surface area contributed by atoms with Gasteiger partial charge in [-0.15, -0.1) is 0 Å². The quantitative estimate of drug-likeness (QED) is 0.712. The number of alkyl halides is 1. The molecule has 14 heavy (non-hydrogen) atoms. The number of nitrogens with zero attached hydrogens (tertiary/aromatic N) is 1. The molecule has 0 aromatic rings. The van der Waals surface area contributed by atoms with E-state index in [0.717, 1.165) is 25.9 Å². The highest BCUT2D eigenvalue weighted by atomic mass is 79.9. The molecule has 1 saturated heterocycles. The van der Waals surface area contributed by atoms with Gasteiger partial charge in [-0.25, -0.2) is 0 Å². The third-order valence-corrected chi connectivity index (χ3v) is 3.58. The molecule has 0 aromatic heterocycles. The van der Waals surface area contributed by atoms with E-state index in [1.165, 1.54) is 0 Å². The molecular formula is C11H20BrNO. The van der Waals surface area contributed by atoms with E-state index in [1.807, 2.05) is 0 Å². The van der Waals surface area contributed by atoms with Crippen LogP contribution in [0, 0.1) is 5.92 Å². The molecule has 1 fully saturated rings. The zero-order valence-electron chi connectivity index (χ0n) is 9.35. The van der Waals surface area contributed by atoms with Gasteiger partial charge in [0.15, 0.2) is 0 Å². The Morgan fingerprint density at radius 3 is 2.21 bits per heavy atom. The largest absolute Gasteiger partial charge is 0.298 e. The number of ketones is 1. The molecule has 82 valence electrons. The summed E-state index contributed by atoms with van der Waals surface area (Å²) in [4.78, 5) is 13.9. The molecule has 0 radical (unpaired) electrons. The zero-order chi connectivity index (χ0) is 10.8. The van der Waals surface area contributed by atoms with Crippen molar-refractivity contribution < 1.29 is 4.79 Å². The zero-order valence-corrected chi connectivity index (χ0v) is 10.9. The van der Waals surface area contributed by atoms with Gasteiger partial charge in [0.1, 0.15) is 5.78 Å². The molecule has 2 nitrogen and oxygen atoms in total. The fraction of sp³-hybridized carbons (Fsp3) is 0.909. The van der Waals surface area contributed by atoms with E-state index in [-0.39, 0.29) is 5.54 Å². The summed E-state index contributed by atoms with van der Waals surface area (Å²) in [6, 6.07) is 0. The van der Waals surface area contributed by atoms with Crippen molar-refractivity contribution in [1.29, 1.82) is 0 Å². The van der Waals surface area contributed by atoms with E-state index in [2.05, 4.69) is 41.6 Å². The van der Waals surface area contributed by atoms with Crippen LogP contribution in [0.4, 0.5) is 0 Å². The van der Waals surface area contributed by atoms with Crippen molar-refractivity contribution in [2.75, 3.05) is 18.4 Å². The molecule has 0 aliphatic carbocycles. The summed E-state index contributed by atoms with van der Waals surface area (Å²) >= 11 is 3.24. The molecule has 0 unspecified atom stereocenters. The molecule has 0 aromatic carbocycles. The van der Waals surface area contributed by atoms with Gasteiger partial charge in [-0.2, -0.15) is 0 Å². The number of carbonyl (C=O) groups excluding carboxylic acids is 1. The molecule has 1 aliphatic rings. The Morgan fingerprint density at radius 2 is 1.86 bits per heavy atom. The first kappa shape index (κ1) is 12.2. The van der Waals surface area contributed by atoms with Gasteiger partial charge in [0.05, 0.1) is 5.33 Å². The van der Waals surface area contributed by atoms with Gasteiger partial charge < -0.3 is 0 Å². The highest BCUT2D eigenvalue weighted by Gasteiger charge is 2.29. The minimum Gasteiger partial charge on any atom is -0.298 e. The van der Waals surface area contributed by atoms with E-state index in [9.17, 15) is 4.79 Å². The second-order valence-corrected chi connectivity index (χ2v) is 5.59. The van der Waals surface area contributed by atoms with Crippen LogP contribution in [-0.4, -0.2) is 34.6 Å². The van der Waals surface area contributed by atoms with E-state index in [1.54, 1.807) is 0 Å². The molecule has 0 saturated carbocycles. The molecule has 1 aliphatic heterocycles. The van der Waals surface area contributed by atoms with Crippen LogP contribution < -0.4 is 0 Å². The predicted molar refractivity (Wildman–Crippen MR) is 62.9 cm³/mol. The van der Waals surface area contributed by atoms with Crippen molar-refractivity contribution in [2.45, 2.75) is 39.2 Å². The maximum absolute atomic E-state index is 11.5. The highest BCUT2D eigenvalue weighted by molar-refractivity contribution is 9.09. The fourth-order valence-electron chi connectivity index (χ4n) is 1.98. The number of halogens is 1. The number of hydrogen-bond donors (Lipinski definition) is 0. The van der Waals surface area contributed by atoms with Gasteiger partial charge in [-0.3, -0.25) is 9.69 Å². The Labute approximate surface area is 95.2 Å². The highest BCUT2D eigenvalue weighted by Crippen LogP contribution is 2.24. The molecule has 0 spiro atoms. The lowest BCUT2D eigenvalue weighted by Crippen LogP contribution is -2.47. The second kappa shape index (κ2) is 4.75. The fourth-order valence-corrected chi connectivity index (χ4v) is 2.44. The third-order valence-electron chi connectivity index (χ3n) is 3.03. The Hall–Kier alpha value is 0.110. The smallest absolute Gasteiger partial charge is 0.146 e. The Balaban J connectivity index is 2.43. The van der Waals surface area contributed by atoms with E-state index >= 15 is 0 Å². The standard InChI is InChI=1S/C11H20BrNO/c1-11(2,3)13-6-4-9(5-7-13)10(14)8-12/h9H,4-8H2,1-3H3. The third kappa shape index (κ3) is 3.06. The molecule has 0 amide bonds. The van der Waals surface area contributed by atoms with Gasteiger partial charge in [0.2, 0.25) is 0 Å². The van der Waals surface area contributed by atoms with Gasteiger partial charge in [0, 0.05) is 11.5 Å². The van der Waals surface area contributed by atoms with Crippen LogP contribution in [0.15, 0.2) is 0 Å². The number of Topliss-reactive ketones (excluding diaryl/α,β-unsaturated/α-hetero) is 1. The summed E-state index contributed by atoms with van der Waals surface area (Å²) in [6.07, 6.45) is 2.06. The van der Waals surface area contributed by atoms with E-state index in [4.69, 9.17) is 0 Å². The Morgan fingerprint density at radius 1 is 1.36 bits per heavy atom. The van der Waals surface area contributed by atoms with Crippen molar-refractivity contribution in [1.82, 2.24) is 4.90 Å². The van der Waals surface area contributed by atoms with Crippen molar-refractivity contribution in [3.05, 3.63) is 0 Å². The number of hydrogen-bond acceptors (Lipinski definition) is 2. The topological polar surface area (TPSA) is 20.3 Å². The van der Waals surface area contributed by atoms with Crippen LogP contribution >= 0.6 is 15.9 Å². The van der Waals surface area contributed by atoms with Gasteiger partial charge in [-0.1, -0.05) is 15.9 Å². The van der Waals surface area contributed by atoms with Crippen LogP contribution in [0.1, 0.15) is 33.6 Å². The first-order valence-corrected chi connectivity index (χ1v) is 6.41. The van der Waals surface area contributed by atoms with Gasteiger partial charge in [-0.05, 0) is 46.7 Å². The monoisotopic (exact) mass is 261 g/mol. The lowest BCUT2D eigenvalue weighted by atomic mass is 9.90. The van der Waals surface area contributed by atoms with E-state index in [0.29, 0.717) is 17.0 Å². The van der Waals surface area contributed by atoms with Crippen LogP contribution in [-0.2, 0) is 4.79 Å². The second-order valence-electron chi connectivity index (χ2n) is 5.03. The number of rotatable bonds is 2. The maximum atomic E-state index is 11.5. The van der Waals surface area contributed by atoms with Crippen molar-refractivity contribution in [3.8, 4) is 0 Å². The first-order valence-electron chi connectivity index (χ1n) is 5.29. The summed E-state index contributed by atoms with van der Waals surface area (Å²) in [5.74, 6) is 0.673. The predicted octanol–water partition coefficient (Wildman–Crippen LogP) is 2.46. The molecule has 1 heterocycles. The molecule has 0 bridgehead atoms. The molecule has 0 N–H and O–H groups in total. The minimum absolute atomic E-state index is 0.252. The van der Waals surface area contributed by atoms with Crippen molar-refractivity contribution in [3.63, 3.8) is 0 Å². The molecule has 3 heteroatoms. The van der Waals surface area contributed by atoms with Gasteiger partial charge >= 0.3 is 0 Å². The van der Waals surface area contributed by atoms with Gasteiger partial charge in [0.25, 0.3) is 0 Å². The SMILES string of the molecule is CC(C)(C)N1CCC(C(=O)CBr)CC1. The summed E-state index contributed by atoms with van der Waals surface area (Å²) in [7, 11) is 0. The Bertz CT molecular complexity index is 202. The molecule has 1 rings (SSSR count). The maximum Gasteiger partial charge on any atom is 0.146 e. The van der Waals surface area contributed by atoms with Crippen LogP contribution in [0.3, 0.4) is 0 Å². The minimum atomic E-state index is 0.252. The van der Waals surface area contributed by atoms with Crippen LogP contribution in [0.2, 0.25) is 0 Å². The Kier molecular flexibility index (Phi) is 4.14. The summed E-state index contributed by atoms with van der Waals surface area (Å²) < 4.78 is 0. The van der Waals surface area contributed by atoms with Crippen LogP contribution in [0.25, 0.3) is 0 Å². The molecular weight excluding hydrogens is 242 g/mol.